The fraction of sp³-hybridized carbons (Fsp3) is 0.385. The molecule has 1 aromatic carbocycles. The van der Waals surface area contributed by atoms with Gasteiger partial charge in [-0.25, -0.2) is 0 Å². The van der Waals surface area contributed by atoms with E-state index in [1.807, 2.05) is 24.3 Å². The summed E-state index contributed by atoms with van der Waals surface area (Å²) in [6.07, 6.45) is 1.01. The first-order valence-electron chi connectivity index (χ1n) is 6.04. The van der Waals surface area contributed by atoms with Gasteiger partial charge < -0.3 is 16.0 Å². The van der Waals surface area contributed by atoms with Gasteiger partial charge in [0.25, 0.3) is 0 Å². The first kappa shape index (κ1) is 15.3. The zero-order valence-electron chi connectivity index (χ0n) is 10.6. The van der Waals surface area contributed by atoms with Gasteiger partial charge in [-0.15, -0.1) is 12.4 Å². The Bertz CT molecular complexity index is 465. The zero-order chi connectivity index (χ0) is 13.0. The Morgan fingerprint density at radius 2 is 2.11 bits per heavy atom. The van der Waals surface area contributed by atoms with E-state index in [9.17, 15) is 9.59 Å². The first-order chi connectivity index (χ1) is 8.66. The maximum atomic E-state index is 11.9. The Kier molecular flexibility index (Phi) is 5.63. The van der Waals surface area contributed by atoms with Gasteiger partial charge in [-0.05, 0) is 18.1 Å². The van der Waals surface area contributed by atoms with Gasteiger partial charge in [0.1, 0.15) is 0 Å². The van der Waals surface area contributed by atoms with Gasteiger partial charge >= 0.3 is 0 Å². The Labute approximate surface area is 118 Å². The van der Waals surface area contributed by atoms with E-state index in [2.05, 4.69) is 5.32 Å². The van der Waals surface area contributed by atoms with Crippen LogP contribution in [-0.4, -0.2) is 36.3 Å². The second kappa shape index (κ2) is 6.99. The van der Waals surface area contributed by atoms with Crippen LogP contribution in [-0.2, 0) is 16.0 Å². The average molecular weight is 284 g/mol. The number of piperazine rings is 1. The number of nitrogen functional groups attached to an aromatic ring is 1. The largest absolute Gasteiger partial charge is 0.399 e. The molecule has 0 bridgehead atoms. The number of carbonyl (C=O) groups excluding carboxylic acids is 2. The summed E-state index contributed by atoms with van der Waals surface area (Å²) in [5.41, 5.74) is 7.51. The van der Waals surface area contributed by atoms with Crippen LogP contribution < -0.4 is 11.1 Å². The third-order valence-electron chi connectivity index (χ3n) is 3.05. The predicted molar refractivity (Wildman–Crippen MR) is 76.0 cm³/mol. The lowest BCUT2D eigenvalue weighted by Gasteiger charge is -2.26. The van der Waals surface area contributed by atoms with Crippen LogP contribution in [0.5, 0.6) is 0 Å². The number of hydrogen-bond donors (Lipinski definition) is 2. The van der Waals surface area contributed by atoms with Gasteiger partial charge in [0.2, 0.25) is 11.8 Å². The van der Waals surface area contributed by atoms with Crippen molar-refractivity contribution < 1.29 is 9.59 Å². The number of aryl methyl sites for hydroxylation is 1. The minimum Gasteiger partial charge on any atom is -0.399 e. The molecule has 3 N–H and O–H groups in total. The standard InChI is InChI=1S/C13H17N3O2.ClH/c14-11-4-2-1-3-10(11)5-6-13(18)16-8-7-15-12(17)9-16;/h1-4H,5-9,14H2,(H,15,17);1H. The highest BCUT2D eigenvalue weighted by Gasteiger charge is 2.20. The van der Waals surface area contributed by atoms with Crippen molar-refractivity contribution in [3.63, 3.8) is 0 Å². The quantitative estimate of drug-likeness (QED) is 0.797. The average Bonchev–Trinajstić information content (AvgIpc) is 2.37. The molecule has 0 atom stereocenters. The molecule has 1 saturated heterocycles. The van der Waals surface area contributed by atoms with E-state index in [1.54, 1.807) is 4.90 Å². The molecule has 1 fully saturated rings. The van der Waals surface area contributed by atoms with Gasteiger partial charge in [0, 0.05) is 25.2 Å². The van der Waals surface area contributed by atoms with Crippen LogP contribution in [0.1, 0.15) is 12.0 Å². The number of amides is 2. The van der Waals surface area contributed by atoms with Crippen LogP contribution in [0.2, 0.25) is 0 Å². The van der Waals surface area contributed by atoms with E-state index in [4.69, 9.17) is 5.73 Å². The normalized spacial score (nSPS) is 14.5. The summed E-state index contributed by atoms with van der Waals surface area (Å²) in [7, 11) is 0. The maximum Gasteiger partial charge on any atom is 0.239 e. The SMILES string of the molecule is Cl.Nc1ccccc1CCC(=O)N1CCNC(=O)C1. The Morgan fingerprint density at radius 1 is 1.37 bits per heavy atom. The van der Waals surface area contributed by atoms with Gasteiger partial charge in [0.15, 0.2) is 0 Å². The summed E-state index contributed by atoms with van der Waals surface area (Å²) in [6, 6.07) is 7.53. The van der Waals surface area contributed by atoms with Crippen LogP contribution in [0.4, 0.5) is 5.69 Å². The molecular weight excluding hydrogens is 266 g/mol. The molecule has 0 radical (unpaired) electrons. The van der Waals surface area contributed by atoms with E-state index in [0.29, 0.717) is 31.6 Å². The molecule has 2 rings (SSSR count). The van der Waals surface area contributed by atoms with E-state index in [1.165, 1.54) is 0 Å². The molecule has 0 spiro atoms. The van der Waals surface area contributed by atoms with Crippen molar-refractivity contribution in [2.75, 3.05) is 25.4 Å². The van der Waals surface area contributed by atoms with Crippen molar-refractivity contribution in [1.82, 2.24) is 10.2 Å². The summed E-state index contributed by atoms with van der Waals surface area (Å²) in [5, 5.41) is 2.70. The highest BCUT2D eigenvalue weighted by molar-refractivity contribution is 5.86. The number of nitrogens with zero attached hydrogens (tertiary/aromatic N) is 1. The lowest BCUT2D eigenvalue weighted by molar-refractivity contribution is -0.138. The van der Waals surface area contributed by atoms with Gasteiger partial charge in [-0.3, -0.25) is 9.59 Å². The van der Waals surface area contributed by atoms with Crippen molar-refractivity contribution in [1.29, 1.82) is 0 Å². The molecule has 0 saturated carbocycles. The molecule has 104 valence electrons. The lowest BCUT2D eigenvalue weighted by Crippen LogP contribution is -2.50. The Hall–Kier alpha value is -1.75. The molecule has 2 amide bonds. The van der Waals surface area contributed by atoms with Crippen molar-refractivity contribution >= 4 is 29.9 Å². The summed E-state index contributed by atoms with van der Waals surface area (Å²) < 4.78 is 0. The molecular formula is C13H18ClN3O2. The molecule has 6 heteroatoms. The Balaban J connectivity index is 0.00000180. The highest BCUT2D eigenvalue weighted by Crippen LogP contribution is 2.13. The second-order valence-electron chi connectivity index (χ2n) is 4.36. The lowest BCUT2D eigenvalue weighted by atomic mass is 10.1. The summed E-state index contributed by atoms with van der Waals surface area (Å²) >= 11 is 0. The number of nitrogens with one attached hydrogen (secondary N) is 1. The monoisotopic (exact) mass is 283 g/mol. The Morgan fingerprint density at radius 3 is 2.79 bits per heavy atom. The van der Waals surface area contributed by atoms with Crippen LogP contribution in [0.3, 0.4) is 0 Å². The van der Waals surface area contributed by atoms with Crippen molar-refractivity contribution in [2.24, 2.45) is 0 Å². The zero-order valence-corrected chi connectivity index (χ0v) is 11.4. The van der Waals surface area contributed by atoms with Gasteiger partial charge in [-0.2, -0.15) is 0 Å². The van der Waals surface area contributed by atoms with Crippen molar-refractivity contribution in [2.45, 2.75) is 12.8 Å². The predicted octanol–water partition coefficient (Wildman–Crippen LogP) is 0.582. The number of anilines is 1. The molecule has 1 aromatic rings. The fourth-order valence-electron chi connectivity index (χ4n) is 2.01. The number of nitrogens with two attached hydrogens (primary N) is 1. The number of rotatable bonds is 3. The summed E-state index contributed by atoms with van der Waals surface area (Å²) in [4.78, 5) is 24.7. The molecule has 0 unspecified atom stereocenters. The van der Waals surface area contributed by atoms with Crippen LogP contribution in [0, 0.1) is 0 Å². The third kappa shape index (κ3) is 4.13. The van der Waals surface area contributed by atoms with E-state index in [0.717, 1.165) is 5.56 Å². The highest BCUT2D eigenvalue weighted by atomic mass is 35.5. The fourth-order valence-corrected chi connectivity index (χ4v) is 2.01. The number of halogens is 1. The number of carbonyl (C=O) groups is 2. The van der Waals surface area contributed by atoms with Crippen LogP contribution >= 0.6 is 12.4 Å². The smallest absolute Gasteiger partial charge is 0.239 e. The second-order valence-corrected chi connectivity index (χ2v) is 4.36. The third-order valence-corrected chi connectivity index (χ3v) is 3.05. The summed E-state index contributed by atoms with van der Waals surface area (Å²) in [6.45, 7) is 1.30. The molecule has 1 heterocycles. The molecule has 0 aliphatic carbocycles. The molecule has 1 aliphatic heterocycles. The number of hydrogen-bond acceptors (Lipinski definition) is 3. The minimum absolute atomic E-state index is 0. The number of para-hydroxylation sites is 1. The number of benzene rings is 1. The van der Waals surface area contributed by atoms with E-state index >= 15 is 0 Å². The topological polar surface area (TPSA) is 75.4 Å². The molecule has 0 aromatic heterocycles. The molecule has 5 nitrogen and oxygen atoms in total. The van der Waals surface area contributed by atoms with Crippen molar-refractivity contribution in [3.8, 4) is 0 Å². The molecule has 1 aliphatic rings. The minimum atomic E-state index is -0.0891. The van der Waals surface area contributed by atoms with Gasteiger partial charge in [-0.1, -0.05) is 18.2 Å². The van der Waals surface area contributed by atoms with Crippen LogP contribution in [0.15, 0.2) is 24.3 Å². The van der Waals surface area contributed by atoms with Crippen LogP contribution in [0.25, 0.3) is 0 Å². The summed E-state index contributed by atoms with van der Waals surface area (Å²) in [5.74, 6) is -0.0815. The van der Waals surface area contributed by atoms with Crippen molar-refractivity contribution in [3.05, 3.63) is 29.8 Å². The van der Waals surface area contributed by atoms with Gasteiger partial charge in [0.05, 0.1) is 6.54 Å². The maximum absolute atomic E-state index is 11.9. The van der Waals surface area contributed by atoms with E-state index in [-0.39, 0.29) is 30.8 Å². The van der Waals surface area contributed by atoms with E-state index < -0.39 is 0 Å². The first-order valence-corrected chi connectivity index (χ1v) is 6.04. The molecule has 19 heavy (non-hydrogen) atoms.